The highest BCUT2D eigenvalue weighted by molar-refractivity contribution is 6.14. The normalized spacial score (nSPS) is 14.5. The van der Waals surface area contributed by atoms with Crippen molar-refractivity contribution in [2.24, 2.45) is 0 Å². The maximum atomic E-state index is 12.7. The zero-order valence-electron chi connectivity index (χ0n) is 23.7. The van der Waals surface area contributed by atoms with Gasteiger partial charge in [-0.1, -0.05) is 24.3 Å². The van der Waals surface area contributed by atoms with E-state index in [1.54, 1.807) is 20.0 Å². The smallest absolute Gasteiger partial charge is 0.256 e. The van der Waals surface area contributed by atoms with E-state index in [0.717, 1.165) is 41.8 Å². The zero-order valence-corrected chi connectivity index (χ0v) is 24.4. The number of fused-ring (bicyclic) bond motifs is 1. The van der Waals surface area contributed by atoms with Gasteiger partial charge in [-0.3, -0.25) is 9.36 Å². The summed E-state index contributed by atoms with van der Waals surface area (Å²) in [5.41, 5.74) is 11.5. The van der Waals surface area contributed by atoms with Crippen LogP contribution in [0, 0.1) is 0 Å². The summed E-state index contributed by atoms with van der Waals surface area (Å²) in [6.07, 6.45) is 4.79. The molecule has 6 rings (SSSR count). The maximum absolute atomic E-state index is 12.7. The standard InChI is InChI=1S/C32H32ClN7O2/c1-31(2,42-3)30(41)36-22-8-4-7-20(19-22)25-14-15-26-29(37-25)40(28(38-26)24-9-5-18-35-27(24)34)23-12-10-21(11-13-23)32(39-33)16-6-17-32/h4-5,7-15,18-19,39H,6,16-17H2,1-3H3,(H2,34,35)(H,36,41). The molecule has 1 fully saturated rings. The summed E-state index contributed by atoms with van der Waals surface area (Å²) in [5.74, 6) is 0.788. The van der Waals surface area contributed by atoms with Crippen LogP contribution < -0.4 is 15.9 Å². The number of hydrogen-bond donors (Lipinski definition) is 3. The Morgan fingerprint density at radius 3 is 2.50 bits per heavy atom. The average molecular weight is 582 g/mol. The number of anilines is 2. The van der Waals surface area contributed by atoms with E-state index in [1.165, 1.54) is 7.11 Å². The summed E-state index contributed by atoms with van der Waals surface area (Å²) in [7, 11) is 1.51. The first kappa shape index (κ1) is 27.8. The molecule has 0 saturated heterocycles. The zero-order chi connectivity index (χ0) is 29.5. The van der Waals surface area contributed by atoms with Crippen LogP contribution in [0.3, 0.4) is 0 Å². The number of nitrogens with zero attached hydrogens (tertiary/aromatic N) is 4. The molecule has 4 N–H and O–H groups in total. The Labute approximate surface area is 249 Å². The van der Waals surface area contributed by atoms with E-state index >= 15 is 0 Å². The molecule has 3 heterocycles. The third kappa shape index (κ3) is 4.89. The van der Waals surface area contributed by atoms with Gasteiger partial charge in [-0.15, -0.1) is 0 Å². The van der Waals surface area contributed by atoms with E-state index < -0.39 is 5.60 Å². The third-order valence-electron chi connectivity index (χ3n) is 8.12. The highest BCUT2D eigenvalue weighted by Crippen LogP contribution is 2.42. The van der Waals surface area contributed by atoms with Gasteiger partial charge in [0.05, 0.1) is 16.8 Å². The van der Waals surface area contributed by atoms with Gasteiger partial charge in [0.1, 0.15) is 16.9 Å². The summed E-state index contributed by atoms with van der Waals surface area (Å²) >= 11 is 6.15. The van der Waals surface area contributed by atoms with Crippen molar-refractivity contribution >= 4 is 40.4 Å². The fourth-order valence-corrected chi connectivity index (χ4v) is 5.48. The molecule has 1 amide bonds. The highest BCUT2D eigenvalue weighted by Gasteiger charge is 2.38. The number of amides is 1. The molecule has 1 aliphatic carbocycles. The quantitative estimate of drug-likeness (QED) is 0.186. The van der Waals surface area contributed by atoms with E-state index in [-0.39, 0.29) is 11.4 Å². The number of nitrogens with two attached hydrogens (primary N) is 1. The molecule has 2 aromatic carbocycles. The van der Waals surface area contributed by atoms with Gasteiger partial charge in [-0.25, -0.2) is 19.8 Å². The van der Waals surface area contributed by atoms with Gasteiger partial charge in [0, 0.05) is 30.2 Å². The largest absolute Gasteiger partial charge is 0.383 e. The molecule has 9 nitrogen and oxygen atoms in total. The number of imidazole rings is 1. The molecule has 0 unspecified atom stereocenters. The lowest BCUT2D eigenvalue weighted by atomic mass is 9.73. The van der Waals surface area contributed by atoms with Crippen molar-refractivity contribution in [2.45, 2.75) is 44.2 Å². The Hall–Kier alpha value is -4.31. The van der Waals surface area contributed by atoms with Crippen LogP contribution in [-0.2, 0) is 15.1 Å². The van der Waals surface area contributed by atoms with Crippen LogP contribution in [-0.4, -0.2) is 38.1 Å². The SMILES string of the molecule is COC(C)(C)C(=O)Nc1cccc(-c2ccc3nc(-c4cccnc4N)n(-c4ccc(C5(NCl)CCC5)cc4)c3n2)c1. The number of carbonyl (C=O) groups is 1. The molecule has 5 aromatic rings. The summed E-state index contributed by atoms with van der Waals surface area (Å²) in [5, 5.41) is 2.94. The van der Waals surface area contributed by atoms with Gasteiger partial charge < -0.3 is 15.8 Å². The van der Waals surface area contributed by atoms with Crippen LogP contribution in [0.4, 0.5) is 11.5 Å². The first-order chi connectivity index (χ1) is 20.2. The molecule has 42 heavy (non-hydrogen) atoms. The van der Waals surface area contributed by atoms with Crippen molar-refractivity contribution in [3.8, 4) is 28.3 Å². The van der Waals surface area contributed by atoms with Crippen LogP contribution >= 0.6 is 11.8 Å². The van der Waals surface area contributed by atoms with Crippen LogP contribution in [0.15, 0.2) is 79.0 Å². The van der Waals surface area contributed by atoms with E-state index in [1.807, 2.05) is 53.1 Å². The number of ether oxygens (including phenoxy) is 1. The molecule has 3 aromatic heterocycles. The molecule has 0 aliphatic heterocycles. The van der Waals surface area contributed by atoms with Crippen molar-refractivity contribution in [1.82, 2.24) is 24.4 Å². The van der Waals surface area contributed by atoms with Gasteiger partial charge in [0.15, 0.2) is 11.5 Å². The van der Waals surface area contributed by atoms with Crippen LogP contribution in [0.1, 0.15) is 38.7 Å². The molecule has 0 bridgehead atoms. The lowest BCUT2D eigenvalue weighted by molar-refractivity contribution is -0.133. The summed E-state index contributed by atoms with van der Waals surface area (Å²) < 4.78 is 7.33. The van der Waals surface area contributed by atoms with Gasteiger partial charge >= 0.3 is 0 Å². The molecule has 0 spiro atoms. The number of halogens is 1. The molecular weight excluding hydrogens is 550 g/mol. The van der Waals surface area contributed by atoms with Crippen LogP contribution in [0.5, 0.6) is 0 Å². The van der Waals surface area contributed by atoms with Crippen LogP contribution in [0.25, 0.3) is 39.5 Å². The molecule has 0 radical (unpaired) electrons. The van der Waals surface area contributed by atoms with Crippen molar-refractivity contribution in [3.05, 3.63) is 84.6 Å². The first-order valence-electron chi connectivity index (χ1n) is 13.8. The van der Waals surface area contributed by atoms with Crippen molar-refractivity contribution in [3.63, 3.8) is 0 Å². The van der Waals surface area contributed by atoms with E-state index in [2.05, 4.69) is 39.4 Å². The fourth-order valence-electron chi connectivity index (χ4n) is 5.18. The Bertz CT molecular complexity index is 1770. The van der Waals surface area contributed by atoms with Crippen molar-refractivity contribution < 1.29 is 9.53 Å². The second-order valence-corrected chi connectivity index (χ2v) is 11.3. The summed E-state index contributed by atoms with van der Waals surface area (Å²) in [6.45, 7) is 3.44. The topological polar surface area (TPSA) is 120 Å². The number of methoxy groups -OCH3 is 1. The van der Waals surface area contributed by atoms with Crippen molar-refractivity contribution in [2.75, 3.05) is 18.2 Å². The molecule has 1 aliphatic rings. The predicted molar refractivity (Wildman–Crippen MR) is 166 cm³/mol. The van der Waals surface area contributed by atoms with E-state index in [9.17, 15) is 4.79 Å². The van der Waals surface area contributed by atoms with Gasteiger partial charge in [-0.2, -0.15) is 0 Å². The average Bonchev–Trinajstić information content (AvgIpc) is 3.36. The number of nitrogens with one attached hydrogen (secondary N) is 2. The Morgan fingerprint density at radius 1 is 1.05 bits per heavy atom. The van der Waals surface area contributed by atoms with Crippen molar-refractivity contribution in [1.29, 1.82) is 0 Å². The monoisotopic (exact) mass is 581 g/mol. The fraction of sp³-hybridized carbons (Fsp3) is 0.250. The minimum Gasteiger partial charge on any atom is -0.383 e. The van der Waals surface area contributed by atoms with Crippen LogP contribution in [0.2, 0.25) is 0 Å². The Balaban J connectivity index is 1.46. The Morgan fingerprint density at radius 2 is 1.83 bits per heavy atom. The lowest BCUT2D eigenvalue weighted by Gasteiger charge is -2.41. The second-order valence-electron chi connectivity index (χ2n) is 11.1. The van der Waals surface area contributed by atoms with E-state index in [0.29, 0.717) is 34.1 Å². The number of pyridine rings is 2. The number of rotatable bonds is 8. The van der Waals surface area contributed by atoms with Gasteiger partial charge in [-0.05, 0) is 99.0 Å². The van der Waals surface area contributed by atoms with E-state index in [4.69, 9.17) is 32.2 Å². The molecule has 0 atom stereocenters. The molecule has 214 valence electrons. The minimum atomic E-state index is -0.960. The van der Waals surface area contributed by atoms with Gasteiger partial charge in [0.2, 0.25) is 0 Å². The third-order valence-corrected chi connectivity index (χ3v) is 8.49. The molecule has 1 saturated carbocycles. The summed E-state index contributed by atoms with van der Waals surface area (Å²) in [4.78, 5) is 30.0. The molecular formula is C32H32ClN7O2. The number of benzene rings is 2. The highest BCUT2D eigenvalue weighted by atomic mass is 35.5. The summed E-state index contributed by atoms with van der Waals surface area (Å²) in [6, 6.07) is 23.5. The number of nitrogen functional groups attached to an aromatic ring is 1. The second kappa shape index (κ2) is 10.8. The number of aromatic nitrogens is 4. The number of carbonyl (C=O) groups excluding carboxylic acids is 1. The number of hydrogen-bond acceptors (Lipinski definition) is 7. The lowest BCUT2D eigenvalue weighted by Crippen LogP contribution is -2.43. The Kier molecular flexibility index (Phi) is 7.18. The first-order valence-corrected chi connectivity index (χ1v) is 14.2. The predicted octanol–water partition coefficient (Wildman–Crippen LogP) is 6.22. The maximum Gasteiger partial charge on any atom is 0.256 e. The molecule has 10 heteroatoms. The van der Waals surface area contributed by atoms with Gasteiger partial charge in [0.25, 0.3) is 5.91 Å². The minimum absolute atomic E-state index is 0.196.